The zero-order valence-electron chi connectivity index (χ0n) is 7.01. The van der Waals surface area contributed by atoms with E-state index in [-0.39, 0.29) is 18.2 Å². The summed E-state index contributed by atoms with van der Waals surface area (Å²) in [6.07, 6.45) is 0. The molecule has 0 aliphatic heterocycles. The van der Waals surface area contributed by atoms with Crippen molar-refractivity contribution < 1.29 is 13.9 Å². The molecule has 0 heterocycles. The maximum atomic E-state index is 12.9. The van der Waals surface area contributed by atoms with Gasteiger partial charge in [0.05, 0.1) is 3.57 Å². The van der Waals surface area contributed by atoms with Crippen molar-refractivity contribution in [3.8, 4) is 5.75 Å². The standard InChI is InChI=1S/C9H8FIO2/c1-6(12)5-13-8-4-2-3-7(10)9(8)11/h2-4H,5H2,1H3. The van der Waals surface area contributed by atoms with Crippen LogP contribution in [0.5, 0.6) is 5.75 Å². The van der Waals surface area contributed by atoms with Crippen molar-refractivity contribution in [3.63, 3.8) is 0 Å². The lowest BCUT2D eigenvalue weighted by Gasteiger charge is -2.05. The summed E-state index contributed by atoms with van der Waals surface area (Å²) in [6.45, 7) is 1.41. The summed E-state index contributed by atoms with van der Waals surface area (Å²) in [5.74, 6) is -0.00230. The second-order valence-corrected chi connectivity index (χ2v) is 3.62. The summed E-state index contributed by atoms with van der Waals surface area (Å²) < 4.78 is 18.4. The maximum Gasteiger partial charge on any atom is 0.167 e. The molecule has 0 bridgehead atoms. The summed E-state index contributed by atoms with van der Waals surface area (Å²) in [7, 11) is 0. The third kappa shape index (κ3) is 2.95. The Bertz CT molecular complexity index is 325. The first-order valence-corrected chi connectivity index (χ1v) is 4.75. The van der Waals surface area contributed by atoms with Crippen molar-refractivity contribution in [2.75, 3.05) is 6.61 Å². The van der Waals surface area contributed by atoms with Gasteiger partial charge in [-0.2, -0.15) is 0 Å². The van der Waals surface area contributed by atoms with Gasteiger partial charge < -0.3 is 4.74 Å². The topological polar surface area (TPSA) is 26.3 Å². The minimum atomic E-state index is -0.332. The Labute approximate surface area is 89.2 Å². The van der Waals surface area contributed by atoms with Crippen molar-refractivity contribution in [1.29, 1.82) is 0 Å². The Hall–Kier alpha value is -0.650. The zero-order valence-corrected chi connectivity index (χ0v) is 9.17. The fourth-order valence-corrected chi connectivity index (χ4v) is 1.29. The number of carbonyl (C=O) groups is 1. The molecule has 0 radical (unpaired) electrons. The number of halogens is 2. The highest BCUT2D eigenvalue weighted by molar-refractivity contribution is 14.1. The lowest BCUT2D eigenvalue weighted by Crippen LogP contribution is -2.07. The van der Waals surface area contributed by atoms with Gasteiger partial charge in [-0.1, -0.05) is 6.07 Å². The van der Waals surface area contributed by atoms with Gasteiger partial charge in [0, 0.05) is 0 Å². The summed E-state index contributed by atoms with van der Waals surface area (Å²) in [4.78, 5) is 10.6. The average Bonchev–Trinajstić information content (AvgIpc) is 2.07. The van der Waals surface area contributed by atoms with Crippen LogP contribution < -0.4 is 4.74 Å². The number of Topliss-reactive ketones (excluding diaryl/α,β-unsaturated/α-hetero) is 1. The number of hydrogen-bond donors (Lipinski definition) is 0. The third-order valence-corrected chi connectivity index (χ3v) is 2.39. The molecular formula is C9H8FIO2. The molecule has 1 rings (SSSR count). The first-order valence-electron chi connectivity index (χ1n) is 3.67. The monoisotopic (exact) mass is 294 g/mol. The molecule has 0 aromatic heterocycles. The Morgan fingerprint density at radius 2 is 2.31 bits per heavy atom. The molecule has 70 valence electrons. The molecule has 0 fully saturated rings. The molecule has 1 aromatic carbocycles. The minimum absolute atomic E-state index is 0.0144. The fraction of sp³-hybridized carbons (Fsp3) is 0.222. The summed E-state index contributed by atoms with van der Waals surface area (Å²) >= 11 is 1.84. The van der Waals surface area contributed by atoms with Gasteiger partial charge >= 0.3 is 0 Å². The summed E-state index contributed by atoms with van der Waals surface area (Å²) in [5.41, 5.74) is 0. The van der Waals surface area contributed by atoms with E-state index in [0.29, 0.717) is 9.32 Å². The number of hydrogen-bond acceptors (Lipinski definition) is 2. The van der Waals surface area contributed by atoms with Crippen molar-refractivity contribution in [2.24, 2.45) is 0 Å². The molecular weight excluding hydrogens is 286 g/mol. The number of ketones is 1. The van der Waals surface area contributed by atoms with Crippen LogP contribution in [0.15, 0.2) is 18.2 Å². The second kappa shape index (κ2) is 4.55. The summed E-state index contributed by atoms with van der Waals surface area (Å²) in [5, 5.41) is 0. The van der Waals surface area contributed by atoms with Gasteiger partial charge in [0.1, 0.15) is 18.2 Å². The van der Waals surface area contributed by atoms with E-state index >= 15 is 0 Å². The molecule has 0 N–H and O–H groups in total. The predicted molar refractivity (Wildman–Crippen MR) is 55.3 cm³/mol. The van der Waals surface area contributed by atoms with Gasteiger partial charge in [0.2, 0.25) is 0 Å². The first-order chi connectivity index (χ1) is 6.11. The SMILES string of the molecule is CC(=O)COc1cccc(F)c1I. The molecule has 0 saturated carbocycles. The van der Waals surface area contributed by atoms with Crippen LogP contribution in [0.4, 0.5) is 4.39 Å². The molecule has 0 atom stereocenters. The molecule has 0 aliphatic rings. The van der Waals surface area contributed by atoms with E-state index in [1.165, 1.54) is 13.0 Å². The molecule has 1 aromatic rings. The Balaban J connectivity index is 2.77. The van der Waals surface area contributed by atoms with Crippen molar-refractivity contribution in [1.82, 2.24) is 0 Å². The molecule has 4 heteroatoms. The molecule has 2 nitrogen and oxygen atoms in total. The number of carbonyl (C=O) groups excluding carboxylic acids is 1. The molecule has 0 aliphatic carbocycles. The van der Waals surface area contributed by atoms with Crippen molar-refractivity contribution in [3.05, 3.63) is 27.6 Å². The van der Waals surface area contributed by atoms with Gasteiger partial charge in [0.15, 0.2) is 5.78 Å². The van der Waals surface area contributed by atoms with Crippen LogP contribution >= 0.6 is 22.6 Å². The molecule has 0 amide bonds. The van der Waals surface area contributed by atoms with E-state index in [4.69, 9.17) is 4.74 Å². The first kappa shape index (κ1) is 10.4. The lowest BCUT2D eigenvalue weighted by molar-refractivity contribution is -0.118. The zero-order chi connectivity index (χ0) is 9.84. The smallest absolute Gasteiger partial charge is 0.167 e. The largest absolute Gasteiger partial charge is 0.485 e. The van der Waals surface area contributed by atoms with Gasteiger partial charge in [-0.15, -0.1) is 0 Å². The highest BCUT2D eigenvalue weighted by Crippen LogP contribution is 2.22. The van der Waals surface area contributed by atoms with Crippen LogP contribution in [-0.4, -0.2) is 12.4 Å². The molecule has 13 heavy (non-hydrogen) atoms. The van der Waals surface area contributed by atoms with Gasteiger partial charge in [-0.3, -0.25) is 4.79 Å². The molecule has 0 unspecified atom stereocenters. The Morgan fingerprint density at radius 1 is 1.62 bits per heavy atom. The Kier molecular flexibility index (Phi) is 3.65. The minimum Gasteiger partial charge on any atom is -0.485 e. The van der Waals surface area contributed by atoms with Crippen molar-refractivity contribution >= 4 is 28.4 Å². The third-order valence-electron chi connectivity index (χ3n) is 1.35. The van der Waals surface area contributed by atoms with E-state index in [2.05, 4.69) is 0 Å². The van der Waals surface area contributed by atoms with Gasteiger partial charge in [-0.25, -0.2) is 4.39 Å². The second-order valence-electron chi connectivity index (χ2n) is 2.54. The van der Waals surface area contributed by atoms with Crippen LogP contribution in [0.1, 0.15) is 6.92 Å². The van der Waals surface area contributed by atoms with Crippen LogP contribution in [0.2, 0.25) is 0 Å². The Morgan fingerprint density at radius 3 is 2.92 bits per heavy atom. The van der Waals surface area contributed by atoms with Crippen LogP contribution in [0, 0.1) is 9.39 Å². The van der Waals surface area contributed by atoms with Crippen LogP contribution in [0.3, 0.4) is 0 Å². The lowest BCUT2D eigenvalue weighted by atomic mass is 10.3. The maximum absolute atomic E-state index is 12.9. The van der Waals surface area contributed by atoms with Crippen molar-refractivity contribution in [2.45, 2.75) is 6.92 Å². The van der Waals surface area contributed by atoms with Gasteiger partial charge in [0.25, 0.3) is 0 Å². The molecule has 0 spiro atoms. The highest BCUT2D eigenvalue weighted by Gasteiger charge is 2.06. The van der Waals surface area contributed by atoms with E-state index in [1.807, 2.05) is 22.6 Å². The number of rotatable bonds is 3. The van der Waals surface area contributed by atoms with Crippen LogP contribution in [-0.2, 0) is 4.79 Å². The fourth-order valence-electron chi connectivity index (χ4n) is 0.775. The van der Waals surface area contributed by atoms with Crippen LogP contribution in [0.25, 0.3) is 0 Å². The summed E-state index contributed by atoms with van der Waals surface area (Å²) in [6, 6.07) is 4.53. The van der Waals surface area contributed by atoms with E-state index in [0.717, 1.165) is 0 Å². The van der Waals surface area contributed by atoms with E-state index < -0.39 is 0 Å². The highest BCUT2D eigenvalue weighted by atomic mass is 127. The predicted octanol–water partition coefficient (Wildman–Crippen LogP) is 2.40. The van der Waals surface area contributed by atoms with Gasteiger partial charge in [-0.05, 0) is 41.6 Å². The quantitative estimate of drug-likeness (QED) is 0.800. The average molecular weight is 294 g/mol. The molecule has 0 saturated heterocycles. The van der Waals surface area contributed by atoms with E-state index in [9.17, 15) is 9.18 Å². The number of benzene rings is 1. The van der Waals surface area contributed by atoms with E-state index in [1.54, 1.807) is 12.1 Å². The normalized spacial score (nSPS) is 9.77. The number of ether oxygens (including phenoxy) is 1.